The largest absolute Gasteiger partial charge is 0.325 e. The number of rotatable bonds is 1. The van der Waals surface area contributed by atoms with E-state index in [1.807, 2.05) is 13.8 Å². The first kappa shape index (κ1) is 14.3. The molecular formula is C19H21NS. The van der Waals surface area contributed by atoms with Gasteiger partial charge in [0.15, 0.2) is 0 Å². The summed E-state index contributed by atoms with van der Waals surface area (Å²) in [6.45, 7) is 6.13. The molecule has 1 aliphatic heterocycles. The minimum atomic E-state index is 1.25. The molecule has 21 heavy (non-hydrogen) atoms. The highest BCUT2D eigenvalue weighted by Gasteiger charge is 2.27. The first-order valence-corrected chi connectivity index (χ1v) is 8.50. The first-order chi connectivity index (χ1) is 10.3. The molecule has 0 spiro atoms. The second-order valence-corrected chi connectivity index (χ2v) is 6.08. The lowest BCUT2D eigenvalue weighted by Crippen LogP contribution is -1.95. The molecule has 1 heterocycles. The van der Waals surface area contributed by atoms with Crippen LogP contribution in [0.1, 0.15) is 37.8 Å². The number of hydrogen-bond acceptors (Lipinski definition) is 2. The van der Waals surface area contributed by atoms with Crippen molar-refractivity contribution < 1.29 is 0 Å². The second kappa shape index (κ2) is 5.98. The van der Waals surface area contributed by atoms with Crippen LogP contribution >= 0.6 is 11.9 Å². The fourth-order valence-corrected chi connectivity index (χ4v) is 3.49. The molecule has 0 unspecified atom stereocenters. The molecule has 0 bridgehead atoms. The van der Waals surface area contributed by atoms with Gasteiger partial charge in [-0.2, -0.15) is 0 Å². The SMILES string of the molecule is CC.Cc1ccc(-c2cccc3c2C(=C2CC2)NS3)cc1. The van der Waals surface area contributed by atoms with Crippen molar-refractivity contribution >= 4 is 17.6 Å². The minimum absolute atomic E-state index is 1.25. The maximum atomic E-state index is 3.50. The highest BCUT2D eigenvalue weighted by molar-refractivity contribution is 7.98. The highest BCUT2D eigenvalue weighted by atomic mass is 32.2. The van der Waals surface area contributed by atoms with Crippen LogP contribution in [0.25, 0.3) is 16.8 Å². The Morgan fingerprint density at radius 2 is 1.67 bits per heavy atom. The fraction of sp³-hybridized carbons (Fsp3) is 0.263. The topological polar surface area (TPSA) is 12.0 Å². The van der Waals surface area contributed by atoms with Gasteiger partial charge in [0.25, 0.3) is 0 Å². The third-order valence-corrected chi connectivity index (χ3v) is 4.62. The van der Waals surface area contributed by atoms with Crippen LogP contribution in [0.15, 0.2) is 52.9 Å². The lowest BCUT2D eigenvalue weighted by molar-refractivity contribution is 1.38. The van der Waals surface area contributed by atoms with Gasteiger partial charge in [0.2, 0.25) is 0 Å². The molecule has 108 valence electrons. The molecule has 1 N–H and O–H groups in total. The number of nitrogens with one attached hydrogen (secondary N) is 1. The molecule has 0 amide bonds. The zero-order valence-corrected chi connectivity index (χ0v) is 13.7. The summed E-state index contributed by atoms with van der Waals surface area (Å²) in [6.07, 6.45) is 2.51. The Morgan fingerprint density at radius 1 is 0.952 bits per heavy atom. The number of hydrogen-bond donors (Lipinski definition) is 1. The van der Waals surface area contributed by atoms with E-state index in [4.69, 9.17) is 0 Å². The first-order valence-electron chi connectivity index (χ1n) is 7.68. The van der Waals surface area contributed by atoms with Crippen molar-refractivity contribution in [3.63, 3.8) is 0 Å². The van der Waals surface area contributed by atoms with Gasteiger partial charge in [0.1, 0.15) is 0 Å². The van der Waals surface area contributed by atoms with Gasteiger partial charge in [-0.25, -0.2) is 0 Å². The molecule has 2 aliphatic rings. The van der Waals surface area contributed by atoms with Crippen LogP contribution in [-0.2, 0) is 0 Å². The van der Waals surface area contributed by atoms with E-state index in [0.29, 0.717) is 0 Å². The van der Waals surface area contributed by atoms with Crippen LogP contribution in [0, 0.1) is 6.92 Å². The maximum absolute atomic E-state index is 3.50. The zero-order chi connectivity index (χ0) is 14.8. The van der Waals surface area contributed by atoms with Crippen molar-refractivity contribution in [2.45, 2.75) is 38.5 Å². The second-order valence-electron chi connectivity index (χ2n) is 5.23. The number of fused-ring (bicyclic) bond motifs is 1. The molecule has 4 rings (SSSR count). The van der Waals surface area contributed by atoms with E-state index in [1.54, 1.807) is 17.5 Å². The third-order valence-electron chi connectivity index (χ3n) is 3.76. The fourth-order valence-electron chi connectivity index (χ4n) is 2.57. The summed E-state index contributed by atoms with van der Waals surface area (Å²) in [4.78, 5) is 1.35. The number of benzene rings is 2. The summed E-state index contributed by atoms with van der Waals surface area (Å²) in [5.41, 5.74) is 8.32. The highest BCUT2D eigenvalue weighted by Crippen LogP contribution is 2.46. The Labute approximate surface area is 131 Å². The monoisotopic (exact) mass is 295 g/mol. The van der Waals surface area contributed by atoms with Gasteiger partial charge in [-0.15, -0.1) is 0 Å². The molecule has 0 aromatic heterocycles. The molecule has 1 saturated carbocycles. The Hall–Kier alpha value is -1.67. The summed E-state index contributed by atoms with van der Waals surface area (Å²) >= 11 is 1.75. The van der Waals surface area contributed by atoms with Crippen molar-refractivity contribution in [1.82, 2.24) is 4.72 Å². The van der Waals surface area contributed by atoms with Crippen LogP contribution in [0.5, 0.6) is 0 Å². The van der Waals surface area contributed by atoms with E-state index >= 15 is 0 Å². The van der Waals surface area contributed by atoms with Crippen LogP contribution in [-0.4, -0.2) is 0 Å². The lowest BCUT2D eigenvalue weighted by atomic mass is 9.96. The van der Waals surface area contributed by atoms with Crippen molar-refractivity contribution in [3.8, 4) is 11.1 Å². The molecular weight excluding hydrogens is 274 g/mol. The van der Waals surface area contributed by atoms with Gasteiger partial charge in [-0.3, -0.25) is 0 Å². The normalized spacial score (nSPS) is 15.0. The van der Waals surface area contributed by atoms with Crippen LogP contribution < -0.4 is 4.72 Å². The average Bonchev–Trinajstić information content (AvgIpc) is 3.29. The van der Waals surface area contributed by atoms with E-state index in [-0.39, 0.29) is 0 Å². The van der Waals surface area contributed by atoms with Crippen molar-refractivity contribution in [3.05, 3.63) is 59.2 Å². The van der Waals surface area contributed by atoms with E-state index in [9.17, 15) is 0 Å². The average molecular weight is 295 g/mol. The quantitative estimate of drug-likeness (QED) is 0.667. The molecule has 1 aliphatic carbocycles. The lowest BCUT2D eigenvalue weighted by Gasteiger charge is -2.09. The molecule has 2 aromatic rings. The zero-order valence-electron chi connectivity index (χ0n) is 12.9. The van der Waals surface area contributed by atoms with Gasteiger partial charge >= 0.3 is 0 Å². The molecule has 0 saturated heterocycles. The number of aryl methyl sites for hydroxylation is 1. The van der Waals surface area contributed by atoms with Gasteiger partial charge < -0.3 is 4.72 Å². The molecule has 2 heteroatoms. The molecule has 0 atom stereocenters. The van der Waals surface area contributed by atoms with Crippen molar-refractivity contribution in [2.24, 2.45) is 0 Å². The van der Waals surface area contributed by atoms with Gasteiger partial charge in [0.05, 0.1) is 5.70 Å². The Balaban J connectivity index is 0.000000636. The predicted molar refractivity (Wildman–Crippen MR) is 93.1 cm³/mol. The predicted octanol–water partition coefficient (Wildman–Crippen LogP) is 5.80. The Morgan fingerprint density at radius 3 is 2.33 bits per heavy atom. The van der Waals surface area contributed by atoms with Crippen molar-refractivity contribution in [1.29, 1.82) is 0 Å². The maximum Gasteiger partial charge on any atom is 0.0526 e. The molecule has 0 radical (unpaired) electrons. The Bertz CT molecular complexity index is 677. The standard InChI is InChI=1S/C17H15NS.C2H6/c1-11-5-7-12(8-6-11)14-3-2-4-15-16(14)17(18-19-15)13-9-10-13;1-2/h2-8,18H,9-10H2,1H3;1-2H3. The van der Waals surface area contributed by atoms with Crippen LogP contribution in [0.3, 0.4) is 0 Å². The summed E-state index contributed by atoms with van der Waals surface area (Å²) < 4.78 is 3.50. The molecule has 1 fully saturated rings. The van der Waals surface area contributed by atoms with Crippen LogP contribution in [0.4, 0.5) is 0 Å². The van der Waals surface area contributed by atoms with E-state index in [0.717, 1.165) is 0 Å². The van der Waals surface area contributed by atoms with Crippen LogP contribution in [0.2, 0.25) is 0 Å². The number of allylic oxidation sites excluding steroid dienone is 1. The summed E-state index contributed by atoms with van der Waals surface area (Å²) in [6, 6.07) is 15.4. The van der Waals surface area contributed by atoms with Gasteiger partial charge in [0, 0.05) is 10.5 Å². The van der Waals surface area contributed by atoms with E-state index in [2.05, 4.69) is 54.1 Å². The third kappa shape index (κ3) is 2.73. The van der Waals surface area contributed by atoms with Gasteiger partial charge in [-0.1, -0.05) is 55.8 Å². The smallest absolute Gasteiger partial charge is 0.0526 e. The summed E-state index contributed by atoms with van der Waals surface area (Å²) in [5.74, 6) is 0. The summed E-state index contributed by atoms with van der Waals surface area (Å²) in [5, 5.41) is 0. The van der Waals surface area contributed by atoms with E-state index in [1.165, 1.54) is 45.7 Å². The minimum Gasteiger partial charge on any atom is -0.325 e. The van der Waals surface area contributed by atoms with E-state index < -0.39 is 0 Å². The van der Waals surface area contributed by atoms with Gasteiger partial charge in [-0.05, 0) is 54.5 Å². The molecule has 2 aromatic carbocycles. The van der Waals surface area contributed by atoms with Crippen molar-refractivity contribution in [2.75, 3.05) is 0 Å². The summed E-state index contributed by atoms with van der Waals surface area (Å²) in [7, 11) is 0. The Kier molecular flexibility index (Phi) is 4.07. The molecule has 1 nitrogen and oxygen atoms in total.